The summed E-state index contributed by atoms with van der Waals surface area (Å²) in [5.41, 5.74) is 4.42. The first-order valence-corrected chi connectivity index (χ1v) is 30.6. The molecule has 0 unspecified atom stereocenters. The standard InChI is InChI=1S/C60H73N13O7S2/c1-9-38-14-16-39(17-15-38)32-61-55(76)47-28-43(74)34-72(47)57(78)53(59(4,5)6)65-51(75)20-21-70(7)22-23-82(79,80)69-56(77)52-44(45-33-62-73(37(45)3)35-60-29-40-25-41(30-60)27-42(26-40)31-60)18-19-49(64-52)71(8)50-24-36(2)54(68-67-50)66-58-63-46-12-10-11-13-48(46)81-58/h1,10-19,24,33,40-43,47,53,74H,20-23,25-32,34-35H2,2-8H3,(H,61,76)(H,65,75)(H,69,77)(H,63,66,68)/t40?,41?,42?,43-,47+,53-,60?/m1/s1. The average Bonchev–Trinajstić information content (AvgIpc) is 4.21. The van der Waals surface area contributed by atoms with E-state index in [4.69, 9.17) is 16.5 Å². The third kappa shape index (κ3) is 13.0. The molecule has 4 amide bonds. The van der Waals surface area contributed by atoms with Crippen LogP contribution in [0.15, 0.2) is 72.9 Å². The number of nitrogens with one attached hydrogen (secondary N) is 4. The number of pyridine rings is 1. The van der Waals surface area contributed by atoms with Crippen LogP contribution in [0.25, 0.3) is 21.3 Å². The number of terminal acetylenes is 1. The number of likely N-dealkylation sites (tertiary alicyclic amines) is 1. The van der Waals surface area contributed by atoms with E-state index >= 15 is 0 Å². The largest absolute Gasteiger partial charge is 0.391 e. The van der Waals surface area contributed by atoms with Crippen LogP contribution in [0.1, 0.15) is 105 Å². The highest BCUT2D eigenvalue weighted by Crippen LogP contribution is 2.60. The molecule has 11 rings (SSSR count). The summed E-state index contributed by atoms with van der Waals surface area (Å²) in [4.78, 5) is 69.9. The van der Waals surface area contributed by atoms with Crippen LogP contribution < -0.4 is 25.6 Å². The van der Waals surface area contributed by atoms with Gasteiger partial charge in [-0.15, -0.1) is 16.6 Å². The Bertz CT molecular complexity index is 3480. The lowest BCUT2D eigenvalue weighted by Crippen LogP contribution is -2.57. The van der Waals surface area contributed by atoms with Crippen molar-refractivity contribution in [3.63, 3.8) is 0 Å². The lowest BCUT2D eigenvalue weighted by molar-refractivity contribution is -0.144. The second kappa shape index (κ2) is 23.5. The van der Waals surface area contributed by atoms with Crippen LogP contribution in [-0.2, 0) is 37.5 Å². The molecule has 4 aliphatic carbocycles. The fraction of sp³-hybridized carbons (Fsp3) is 0.483. The minimum Gasteiger partial charge on any atom is -0.391 e. The molecule has 4 bridgehead atoms. The van der Waals surface area contributed by atoms with Crippen LogP contribution >= 0.6 is 11.3 Å². The van der Waals surface area contributed by atoms with E-state index in [0.29, 0.717) is 39.3 Å². The molecule has 4 aromatic heterocycles. The van der Waals surface area contributed by atoms with Crippen molar-refractivity contribution in [3.05, 3.63) is 101 Å². The highest BCUT2D eigenvalue weighted by atomic mass is 32.2. The first-order chi connectivity index (χ1) is 39.0. The maximum atomic E-state index is 14.5. The summed E-state index contributed by atoms with van der Waals surface area (Å²) in [6.45, 7) is 10.2. The number of anilines is 4. The topological polar surface area (TPSA) is 250 Å². The predicted molar refractivity (Wildman–Crippen MR) is 316 cm³/mol. The predicted octanol–water partition coefficient (Wildman–Crippen LogP) is 6.86. The van der Waals surface area contributed by atoms with Gasteiger partial charge in [0.05, 0.1) is 28.3 Å². The number of aliphatic hydroxyl groups is 1. The zero-order valence-electron chi connectivity index (χ0n) is 47.6. The van der Waals surface area contributed by atoms with E-state index in [2.05, 4.69) is 46.5 Å². The molecule has 5 heterocycles. The summed E-state index contributed by atoms with van der Waals surface area (Å²) in [5.74, 6) is 3.32. The van der Waals surface area contributed by atoms with Crippen molar-refractivity contribution in [1.29, 1.82) is 0 Å². The summed E-state index contributed by atoms with van der Waals surface area (Å²) in [6.07, 6.45) is 13.8. The number of carbonyl (C=O) groups is 4. The summed E-state index contributed by atoms with van der Waals surface area (Å²) in [7, 11) is -0.880. The number of rotatable bonds is 20. The second-order valence-electron chi connectivity index (χ2n) is 24.3. The summed E-state index contributed by atoms with van der Waals surface area (Å²) in [6, 6.07) is 18.4. The van der Waals surface area contributed by atoms with Crippen LogP contribution in [0.2, 0.25) is 0 Å². The molecule has 6 aromatic rings. The Labute approximate surface area is 483 Å². The SMILES string of the molecule is C#Cc1ccc(CNC(=O)[C@@H]2C[C@@H](O)CN2C(=O)[C@@H](NC(=O)CCN(C)CCS(=O)(=O)NC(=O)c2nc(N(C)c3cc(C)c(Nc4nc5ccccc5s4)nn3)ccc2-c2cnn(CC34CC5CC(CC(C5)C3)C4)c2C)C(C)(C)C)cc1. The Balaban J connectivity index is 0.800. The molecule has 1 saturated heterocycles. The summed E-state index contributed by atoms with van der Waals surface area (Å²) >= 11 is 1.51. The Hall–Kier alpha value is -7.32. The van der Waals surface area contributed by atoms with Crippen LogP contribution in [-0.4, -0.2) is 135 Å². The van der Waals surface area contributed by atoms with E-state index in [1.165, 1.54) is 54.8 Å². The number of nitrogens with zero attached hydrogens (tertiary/aromatic N) is 9. The number of carbonyl (C=O) groups excluding carboxylic acids is 4. The van der Waals surface area contributed by atoms with Crippen LogP contribution in [0, 0.1) is 54.8 Å². The molecule has 5 aliphatic rings. The van der Waals surface area contributed by atoms with Crippen molar-refractivity contribution in [2.24, 2.45) is 28.6 Å². The number of β-amino-alcohol motifs (C(OH)–C–C–N with tert-alkyl or cyclic N) is 1. The van der Waals surface area contributed by atoms with Gasteiger partial charge in [-0.2, -0.15) is 5.10 Å². The number of amides is 4. The zero-order valence-corrected chi connectivity index (χ0v) is 49.2. The molecule has 432 valence electrons. The molecule has 4 saturated carbocycles. The van der Waals surface area contributed by atoms with Gasteiger partial charge < -0.3 is 35.8 Å². The molecule has 1 aliphatic heterocycles. The van der Waals surface area contributed by atoms with Gasteiger partial charge in [-0.25, -0.2) is 23.1 Å². The van der Waals surface area contributed by atoms with Crippen molar-refractivity contribution in [2.45, 2.75) is 117 Å². The third-order valence-corrected chi connectivity index (χ3v) is 19.1. The molecule has 82 heavy (non-hydrogen) atoms. The number of sulfonamides is 1. The maximum absolute atomic E-state index is 14.5. The lowest BCUT2D eigenvalue weighted by Gasteiger charge is -2.56. The fourth-order valence-electron chi connectivity index (χ4n) is 12.9. The molecule has 0 radical (unpaired) electrons. The minimum absolute atomic E-state index is 0.0389. The van der Waals surface area contributed by atoms with Gasteiger partial charge >= 0.3 is 0 Å². The average molecular weight is 1150 g/mol. The molecule has 5 fully saturated rings. The lowest BCUT2D eigenvalue weighted by atomic mass is 9.49. The van der Waals surface area contributed by atoms with E-state index in [1.807, 2.05) is 44.2 Å². The normalized spacial score (nSPS) is 21.6. The molecular formula is C60H73N13O7S2. The second-order valence-corrected chi connectivity index (χ2v) is 27.2. The fourth-order valence-corrected chi connectivity index (χ4v) is 14.8. The van der Waals surface area contributed by atoms with E-state index in [1.54, 1.807) is 87.3 Å². The van der Waals surface area contributed by atoms with Gasteiger partial charge in [0.1, 0.15) is 23.6 Å². The van der Waals surface area contributed by atoms with Crippen molar-refractivity contribution in [1.82, 2.24) is 55.1 Å². The molecule has 22 heteroatoms. The summed E-state index contributed by atoms with van der Waals surface area (Å²) in [5, 5.41) is 34.2. The van der Waals surface area contributed by atoms with E-state index in [-0.39, 0.29) is 50.1 Å². The molecular weight excluding hydrogens is 1080 g/mol. The van der Waals surface area contributed by atoms with Gasteiger partial charge in [0.2, 0.25) is 27.7 Å². The monoisotopic (exact) mass is 1150 g/mol. The number of aryl methyl sites for hydroxylation is 1. The first-order valence-electron chi connectivity index (χ1n) is 28.1. The van der Waals surface area contributed by atoms with Crippen molar-refractivity contribution in [3.8, 4) is 23.5 Å². The van der Waals surface area contributed by atoms with Crippen LogP contribution in [0.3, 0.4) is 0 Å². The van der Waals surface area contributed by atoms with E-state index in [9.17, 15) is 32.7 Å². The zero-order chi connectivity index (χ0) is 58.3. The number of fused-ring (bicyclic) bond motifs is 1. The van der Waals surface area contributed by atoms with Gasteiger partial charge in [0, 0.05) is 75.0 Å². The third-order valence-electron chi connectivity index (χ3n) is 16.9. The van der Waals surface area contributed by atoms with Gasteiger partial charge in [-0.05, 0) is 142 Å². The van der Waals surface area contributed by atoms with Crippen LogP contribution in [0.5, 0.6) is 0 Å². The number of thiazole rings is 1. The smallest absolute Gasteiger partial charge is 0.284 e. The molecule has 0 spiro atoms. The molecule has 5 N–H and O–H groups in total. The van der Waals surface area contributed by atoms with Crippen LogP contribution in [0.4, 0.5) is 22.6 Å². The Morgan fingerprint density at radius 2 is 1.61 bits per heavy atom. The number of benzene rings is 2. The Morgan fingerprint density at radius 3 is 2.28 bits per heavy atom. The van der Waals surface area contributed by atoms with Crippen molar-refractivity contribution < 1.29 is 32.7 Å². The molecule has 20 nitrogen and oxygen atoms in total. The number of hydrogen-bond donors (Lipinski definition) is 5. The van der Waals surface area contributed by atoms with Crippen molar-refractivity contribution >= 4 is 77.8 Å². The highest BCUT2D eigenvalue weighted by molar-refractivity contribution is 7.90. The number of aliphatic hydroxyl groups excluding tert-OH is 1. The number of aromatic nitrogens is 6. The minimum atomic E-state index is -4.29. The molecule has 2 aromatic carbocycles. The van der Waals surface area contributed by atoms with Gasteiger partial charge in [-0.1, -0.05) is 62.3 Å². The maximum Gasteiger partial charge on any atom is 0.284 e. The Morgan fingerprint density at radius 1 is 0.902 bits per heavy atom. The van der Waals surface area contributed by atoms with Crippen molar-refractivity contribution in [2.75, 3.05) is 49.7 Å². The highest BCUT2D eigenvalue weighted by Gasteiger charge is 2.51. The van der Waals surface area contributed by atoms with Gasteiger partial charge in [-0.3, -0.25) is 23.9 Å². The van der Waals surface area contributed by atoms with Gasteiger partial charge in [0.25, 0.3) is 5.91 Å². The quantitative estimate of drug-likeness (QED) is 0.0490. The van der Waals surface area contributed by atoms with E-state index < -0.39 is 63.0 Å². The number of hydrogen-bond acceptors (Lipinski definition) is 16. The molecule has 3 atom stereocenters. The van der Waals surface area contributed by atoms with E-state index in [0.717, 1.165) is 51.3 Å². The summed E-state index contributed by atoms with van der Waals surface area (Å²) < 4.78 is 33.2. The number of para-hydroxylation sites is 1. The Kier molecular flexibility index (Phi) is 16.6. The van der Waals surface area contributed by atoms with Gasteiger partial charge in [0.15, 0.2) is 16.8 Å². The first kappa shape index (κ1) is 57.9.